The van der Waals surface area contributed by atoms with E-state index in [9.17, 15) is 13.2 Å². The molecule has 47 heavy (non-hydrogen) atoms. The van der Waals surface area contributed by atoms with Crippen LogP contribution in [0.15, 0.2) is 91.0 Å². The summed E-state index contributed by atoms with van der Waals surface area (Å²) in [5, 5.41) is 3.29. The minimum absolute atomic E-state index is 0.0942. The van der Waals surface area contributed by atoms with Crippen LogP contribution in [0.4, 0.5) is 0 Å². The molecule has 0 aliphatic carbocycles. The first-order valence-electron chi connectivity index (χ1n) is 15.4. The van der Waals surface area contributed by atoms with Crippen molar-refractivity contribution in [2.45, 2.75) is 48.5 Å². The predicted molar refractivity (Wildman–Crippen MR) is 197 cm³/mol. The topological polar surface area (TPSA) is 74.6 Å². The Balaban J connectivity index is 0.000000276. The Morgan fingerprint density at radius 1 is 0.745 bits per heavy atom. The lowest BCUT2D eigenvalue weighted by Crippen LogP contribution is -2.17. The molecule has 5 rings (SSSR count). The summed E-state index contributed by atoms with van der Waals surface area (Å²) in [4.78, 5) is 12.9. The van der Waals surface area contributed by atoms with Gasteiger partial charge in [-0.15, -0.1) is 0 Å². The van der Waals surface area contributed by atoms with E-state index in [-0.39, 0.29) is 17.8 Å². The van der Waals surface area contributed by atoms with Gasteiger partial charge in [0.2, 0.25) is 0 Å². The van der Waals surface area contributed by atoms with Crippen LogP contribution in [0.2, 0.25) is 10.0 Å². The van der Waals surface area contributed by atoms with Crippen LogP contribution in [-0.4, -0.2) is 44.8 Å². The van der Waals surface area contributed by atoms with Crippen LogP contribution in [0.1, 0.15) is 64.4 Å². The summed E-state index contributed by atoms with van der Waals surface area (Å²) in [6, 6.07) is 29.2. The molecule has 6 nitrogen and oxygen atoms in total. The van der Waals surface area contributed by atoms with Gasteiger partial charge < -0.3 is 9.30 Å². The van der Waals surface area contributed by atoms with Gasteiger partial charge in [-0.05, 0) is 72.4 Å². The zero-order chi connectivity index (χ0) is 35.0. The van der Waals surface area contributed by atoms with Gasteiger partial charge in [-0.25, -0.2) is 0 Å². The SMILES string of the molecule is CC(C)(C)COS(C)(=O)=O.CCOCC(C)(C)C.O=C(c1ccc(-n2c3ccccc3c3ccccc32)cc1)c1cc(Cl)ccc1Cl. The van der Waals surface area contributed by atoms with E-state index in [1.165, 1.54) is 10.8 Å². The lowest BCUT2D eigenvalue weighted by atomic mass is 9.99. The summed E-state index contributed by atoms with van der Waals surface area (Å²) in [6.45, 7) is 16.2. The number of rotatable bonds is 7. The van der Waals surface area contributed by atoms with Crippen LogP contribution in [0.25, 0.3) is 27.5 Å². The van der Waals surface area contributed by atoms with Crippen LogP contribution < -0.4 is 0 Å². The van der Waals surface area contributed by atoms with Crippen molar-refractivity contribution in [1.29, 1.82) is 0 Å². The number of nitrogens with zero attached hydrogens (tertiary/aromatic N) is 1. The van der Waals surface area contributed by atoms with Crippen molar-refractivity contribution in [1.82, 2.24) is 4.57 Å². The van der Waals surface area contributed by atoms with Crippen LogP contribution in [-0.2, 0) is 19.0 Å². The van der Waals surface area contributed by atoms with Crippen molar-refractivity contribution in [2.24, 2.45) is 10.8 Å². The number of ketones is 1. The summed E-state index contributed by atoms with van der Waals surface area (Å²) in [7, 11) is -3.26. The Bertz CT molecular complexity index is 1850. The molecule has 4 aromatic carbocycles. The van der Waals surface area contributed by atoms with Crippen LogP contribution in [0.3, 0.4) is 0 Å². The summed E-state index contributed by atoms with van der Waals surface area (Å²) in [6.07, 6.45) is 1.05. The number of carbonyl (C=O) groups is 1. The van der Waals surface area contributed by atoms with E-state index < -0.39 is 10.1 Å². The molecule has 1 heterocycles. The molecule has 0 radical (unpaired) electrons. The molecule has 0 aliphatic rings. The van der Waals surface area contributed by atoms with E-state index in [2.05, 4.69) is 65.9 Å². The van der Waals surface area contributed by atoms with Crippen LogP contribution in [0, 0.1) is 10.8 Å². The Morgan fingerprint density at radius 2 is 1.26 bits per heavy atom. The molecule has 5 aromatic rings. The Kier molecular flexibility index (Phi) is 13.2. The van der Waals surface area contributed by atoms with Gasteiger partial charge in [-0.3, -0.25) is 8.98 Å². The zero-order valence-electron chi connectivity index (χ0n) is 28.4. The molecular weight excluding hydrogens is 653 g/mol. The van der Waals surface area contributed by atoms with Gasteiger partial charge in [0.1, 0.15) is 0 Å². The third-order valence-electron chi connectivity index (χ3n) is 6.59. The van der Waals surface area contributed by atoms with Gasteiger partial charge in [0.25, 0.3) is 10.1 Å². The maximum Gasteiger partial charge on any atom is 0.264 e. The normalized spacial score (nSPS) is 11.9. The third kappa shape index (κ3) is 11.8. The van der Waals surface area contributed by atoms with E-state index in [0.29, 0.717) is 26.6 Å². The molecule has 0 N–H and O–H groups in total. The largest absolute Gasteiger partial charge is 0.381 e. The summed E-state index contributed by atoms with van der Waals surface area (Å²) >= 11 is 12.2. The maximum absolute atomic E-state index is 12.9. The molecule has 0 bridgehead atoms. The minimum Gasteiger partial charge on any atom is -0.381 e. The molecule has 0 saturated carbocycles. The van der Waals surface area contributed by atoms with Crippen molar-refractivity contribution in [3.63, 3.8) is 0 Å². The summed E-state index contributed by atoms with van der Waals surface area (Å²) in [5.41, 5.74) is 4.47. The number of benzene rings is 4. The standard InChI is InChI=1S/C25H15Cl2NO.C7H16O.C6H14O3S/c26-17-11-14-22(27)21(15-17)25(29)16-9-12-18(13-10-16)28-23-7-3-1-5-19(23)20-6-2-4-8-24(20)28;1-5-8-6-7(2,3)4;1-6(2,3)5-9-10(4,7)8/h1-15H;5-6H2,1-4H3;5H2,1-4H3. The molecular formula is C38H45Cl2NO5S. The molecule has 0 unspecified atom stereocenters. The lowest BCUT2D eigenvalue weighted by Gasteiger charge is -2.16. The summed E-state index contributed by atoms with van der Waals surface area (Å²) < 4.78 is 32.9. The first kappa shape index (κ1) is 38.2. The van der Waals surface area contributed by atoms with Gasteiger partial charge in [-0.2, -0.15) is 8.42 Å². The average molecular weight is 699 g/mol. The van der Waals surface area contributed by atoms with Crippen molar-refractivity contribution in [3.05, 3.63) is 112 Å². The van der Waals surface area contributed by atoms with E-state index >= 15 is 0 Å². The molecule has 0 spiro atoms. The first-order chi connectivity index (χ1) is 21.9. The number of fused-ring (bicyclic) bond motifs is 3. The van der Waals surface area contributed by atoms with E-state index in [1.54, 1.807) is 18.2 Å². The fraction of sp³-hybridized carbons (Fsp3) is 0.342. The second-order valence-electron chi connectivity index (χ2n) is 13.6. The van der Waals surface area contributed by atoms with Crippen molar-refractivity contribution in [3.8, 4) is 5.69 Å². The average Bonchev–Trinajstić information content (AvgIpc) is 3.34. The summed E-state index contributed by atoms with van der Waals surface area (Å²) in [5.74, 6) is -0.147. The Morgan fingerprint density at radius 3 is 1.68 bits per heavy atom. The van der Waals surface area contributed by atoms with Crippen molar-refractivity contribution >= 4 is 60.9 Å². The second kappa shape index (κ2) is 16.3. The highest BCUT2D eigenvalue weighted by Gasteiger charge is 2.16. The second-order valence-corrected chi connectivity index (χ2v) is 16.1. The number of carbonyl (C=O) groups excluding carboxylic acids is 1. The van der Waals surface area contributed by atoms with Gasteiger partial charge >= 0.3 is 0 Å². The van der Waals surface area contributed by atoms with Crippen molar-refractivity contribution < 1.29 is 22.1 Å². The first-order valence-corrected chi connectivity index (χ1v) is 18.0. The van der Waals surface area contributed by atoms with E-state index in [0.717, 1.165) is 36.2 Å². The predicted octanol–water partition coefficient (Wildman–Crippen LogP) is 10.4. The number of para-hydroxylation sites is 2. The lowest BCUT2D eigenvalue weighted by molar-refractivity contribution is 0.0805. The fourth-order valence-electron chi connectivity index (χ4n) is 4.48. The Hall–Kier alpha value is -3.20. The van der Waals surface area contributed by atoms with E-state index in [1.807, 2.05) is 64.1 Å². The number of ether oxygens (including phenoxy) is 1. The van der Waals surface area contributed by atoms with Gasteiger partial charge in [-0.1, -0.05) is 101 Å². The number of hydrogen-bond acceptors (Lipinski definition) is 5. The molecule has 1 aromatic heterocycles. The molecule has 0 saturated heterocycles. The molecule has 0 fully saturated rings. The highest BCUT2D eigenvalue weighted by atomic mass is 35.5. The van der Waals surface area contributed by atoms with E-state index in [4.69, 9.17) is 27.9 Å². The number of hydrogen-bond donors (Lipinski definition) is 0. The quantitative estimate of drug-likeness (QED) is 0.125. The van der Waals surface area contributed by atoms with Gasteiger partial charge in [0.05, 0.1) is 35.5 Å². The number of aromatic nitrogens is 1. The molecule has 0 aliphatic heterocycles. The van der Waals surface area contributed by atoms with Gasteiger partial charge in [0.15, 0.2) is 5.78 Å². The third-order valence-corrected chi connectivity index (χ3v) is 7.70. The Labute approximate surface area is 289 Å². The molecule has 252 valence electrons. The molecule has 9 heteroatoms. The maximum atomic E-state index is 12.9. The minimum atomic E-state index is -3.26. The fourth-order valence-corrected chi connectivity index (χ4v) is 5.42. The molecule has 0 amide bonds. The van der Waals surface area contributed by atoms with Crippen LogP contribution in [0.5, 0.6) is 0 Å². The highest BCUT2D eigenvalue weighted by Crippen LogP contribution is 2.32. The smallest absolute Gasteiger partial charge is 0.264 e. The van der Waals surface area contributed by atoms with Crippen LogP contribution >= 0.6 is 23.2 Å². The zero-order valence-corrected chi connectivity index (χ0v) is 30.8. The monoisotopic (exact) mass is 697 g/mol. The molecule has 0 atom stereocenters. The van der Waals surface area contributed by atoms with Crippen molar-refractivity contribution in [2.75, 3.05) is 26.1 Å². The highest BCUT2D eigenvalue weighted by molar-refractivity contribution is 7.85. The number of halogens is 2. The van der Waals surface area contributed by atoms with Gasteiger partial charge in [0, 0.05) is 39.2 Å².